The van der Waals surface area contributed by atoms with Gasteiger partial charge in [0.15, 0.2) is 18.1 Å². The van der Waals surface area contributed by atoms with E-state index in [0.29, 0.717) is 10.7 Å². The van der Waals surface area contributed by atoms with Gasteiger partial charge < -0.3 is 45.1 Å². The van der Waals surface area contributed by atoms with E-state index >= 15 is 0 Å². The number of aromatic nitrogens is 5. The number of tetrazole rings is 1. The van der Waals surface area contributed by atoms with Gasteiger partial charge in [0.05, 0.1) is 10.9 Å². The first-order chi connectivity index (χ1) is 26.2. The van der Waals surface area contributed by atoms with Gasteiger partial charge in [-0.05, 0) is 46.7 Å². The van der Waals surface area contributed by atoms with Crippen molar-refractivity contribution in [2.45, 2.75) is 35.8 Å². The summed E-state index contributed by atoms with van der Waals surface area (Å²) in [6, 6.07) is 5.99. The van der Waals surface area contributed by atoms with Crippen molar-refractivity contribution < 1.29 is 53.9 Å². The maximum Gasteiger partial charge on any atom is 0.352 e. The zero-order valence-corrected chi connectivity index (χ0v) is 30.7. The molecule has 1 saturated heterocycles. The average molecular weight is 797 g/mol. The Balaban J connectivity index is 1.32. The van der Waals surface area contributed by atoms with Crippen LogP contribution < -0.4 is 20.8 Å². The number of carboxylic acids is 2. The molecule has 22 heteroatoms. The third-order valence-corrected chi connectivity index (χ3v) is 11.2. The van der Waals surface area contributed by atoms with Gasteiger partial charge in [-0.1, -0.05) is 23.9 Å². The van der Waals surface area contributed by atoms with E-state index in [2.05, 4.69) is 26.2 Å². The van der Waals surface area contributed by atoms with Gasteiger partial charge in [0.1, 0.15) is 28.4 Å². The van der Waals surface area contributed by atoms with E-state index in [1.54, 1.807) is 14.0 Å². The fourth-order valence-electron chi connectivity index (χ4n) is 6.05. The van der Waals surface area contributed by atoms with Crippen LogP contribution in [0.5, 0.6) is 17.2 Å². The Labute approximate surface area is 318 Å². The molecule has 0 saturated carbocycles. The van der Waals surface area contributed by atoms with Crippen LogP contribution in [0.25, 0.3) is 10.9 Å². The number of aliphatic carboxylic acids is 2. The molecule has 2 aromatic carbocycles. The predicted molar refractivity (Wildman–Crippen MR) is 192 cm³/mol. The lowest BCUT2D eigenvalue weighted by molar-refractivity contribution is -0.192. The van der Waals surface area contributed by atoms with Gasteiger partial charge in [-0.2, -0.15) is 0 Å². The summed E-state index contributed by atoms with van der Waals surface area (Å²) in [6.45, 7) is 1.30. The molecule has 4 aromatic rings. The van der Waals surface area contributed by atoms with Crippen LogP contribution in [0.2, 0.25) is 0 Å². The SMILES string of the molecule is CCn1cc(C(=O)NC(C(=O)N[C@]2(OC)C(=O)N3C(C(=O)O)=C(CSc4nnnn4C)CS[C@H]32)c2ccc(OCC(=O)O)cc2)c(=O)c2cc(O)c(O)cc21. The van der Waals surface area contributed by atoms with Crippen molar-refractivity contribution in [3.8, 4) is 17.2 Å². The smallest absolute Gasteiger partial charge is 0.352 e. The lowest BCUT2D eigenvalue weighted by Crippen LogP contribution is -2.81. The topological polar surface area (TPSA) is 278 Å². The summed E-state index contributed by atoms with van der Waals surface area (Å²) in [7, 11) is 2.78. The van der Waals surface area contributed by atoms with Gasteiger partial charge in [-0.25, -0.2) is 14.3 Å². The zero-order chi connectivity index (χ0) is 39.8. The minimum Gasteiger partial charge on any atom is -0.504 e. The first kappa shape index (κ1) is 38.6. The second kappa shape index (κ2) is 15.3. The van der Waals surface area contributed by atoms with Crippen molar-refractivity contribution in [3.05, 3.63) is 75.2 Å². The molecule has 3 atom stereocenters. The predicted octanol–water partition coefficient (Wildman–Crippen LogP) is 0.396. The van der Waals surface area contributed by atoms with Gasteiger partial charge in [0.25, 0.3) is 17.5 Å². The van der Waals surface area contributed by atoms with E-state index < -0.39 is 75.9 Å². The average Bonchev–Trinajstić information content (AvgIpc) is 3.58. The summed E-state index contributed by atoms with van der Waals surface area (Å²) in [5.74, 6) is -6.20. The molecular formula is C33H32N8O12S2. The van der Waals surface area contributed by atoms with Gasteiger partial charge in [-0.3, -0.25) is 24.1 Å². The Morgan fingerprint density at radius 1 is 1.11 bits per heavy atom. The number of β-lactam (4-membered cyclic amide) rings is 1. The molecule has 0 spiro atoms. The van der Waals surface area contributed by atoms with Crippen molar-refractivity contribution >= 4 is 64.1 Å². The summed E-state index contributed by atoms with van der Waals surface area (Å²) < 4.78 is 13.7. The second-order valence-corrected chi connectivity index (χ2v) is 14.1. The van der Waals surface area contributed by atoms with Crippen LogP contribution in [-0.2, 0) is 37.5 Å². The highest BCUT2D eigenvalue weighted by molar-refractivity contribution is 8.01. The molecule has 3 amide bonds. The molecule has 0 bridgehead atoms. The Bertz CT molecular complexity index is 2330. The van der Waals surface area contributed by atoms with Crippen LogP contribution in [0.1, 0.15) is 28.9 Å². The largest absolute Gasteiger partial charge is 0.504 e. The molecule has 20 nitrogen and oxygen atoms in total. The zero-order valence-electron chi connectivity index (χ0n) is 29.1. The Hall–Kier alpha value is -6.13. The molecule has 2 aliphatic rings. The number of carbonyl (C=O) groups excluding carboxylic acids is 3. The van der Waals surface area contributed by atoms with Crippen molar-refractivity contribution in [3.63, 3.8) is 0 Å². The van der Waals surface area contributed by atoms with Gasteiger partial charge in [-0.15, -0.1) is 16.9 Å². The molecule has 0 aliphatic carbocycles. The van der Waals surface area contributed by atoms with Gasteiger partial charge >= 0.3 is 11.9 Å². The highest BCUT2D eigenvalue weighted by Crippen LogP contribution is 2.47. The van der Waals surface area contributed by atoms with Crippen molar-refractivity contribution in [1.82, 2.24) is 40.3 Å². The number of rotatable bonds is 14. The lowest BCUT2D eigenvalue weighted by Gasteiger charge is -2.56. The molecule has 288 valence electrons. The number of carboxylic acid groups (broad SMARTS) is 2. The number of phenols is 2. The number of nitrogens with one attached hydrogen (secondary N) is 2. The van der Waals surface area contributed by atoms with Crippen molar-refractivity contribution in [2.75, 3.05) is 25.2 Å². The Morgan fingerprint density at radius 3 is 2.44 bits per heavy atom. The number of aromatic hydroxyl groups is 2. The van der Waals surface area contributed by atoms with Crippen LogP contribution in [0.3, 0.4) is 0 Å². The molecule has 1 fully saturated rings. The number of thioether (sulfide) groups is 2. The first-order valence-electron chi connectivity index (χ1n) is 16.2. The number of benzene rings is 2. The van der Waals surface area contributed by atoms with E-state index in [1.807, 2.05) is 0 Å². The fourth-order valence-corrected chi connectivity index (χ4v) is 8.48. The molecular weight excluding hydrogens is 765 g/mol. The number of aryl methyl sites for hydroxylation is 2. The highest BCUT2D eigenvalue weighted by atomic mass is 32.2. The van der Waals surface area contributed by atoms with Gasteiger partial charge in [0.2, 0.25) is 16.5 Å². The number of fused-ring (bicyclic) bond motifs is 2. The number of hydrogen-bond donors (Lipinski definition) is 6. The molecule has 6 N–H and O–H groups in total. The standard InChI is InChI=1S/C33H32N8O12S2/c1-4-40-11-19(26(46)18-9-21(42)22(43)10-20(18)40)27(47)34-24(15-5-7-17(8-6-15)53-12-23(44)45)28(48)35-33(52-3)30(51)41-25(29(49)50)16(13-54-31(33)41)14-55-32-36-37-38-39(32)2/h5-11,24,31,42-43H,4,12-14H2,1-3H3,(H,34,47)(H,35,48)(H,44,45)(H,49,50)/t24?,31-,33-/m0/s1. The minimum atomic E-state index is -2.08. The second-order valence-electron chi connectivity index (χ2n) is 12.1. The van der Waals surface area contributed by atoms with E-state index in [1.165, 1.54) is 57.5 Å². The summed E-state index contributed by atoms with van der Waals surface area (Å²) in [5, 5.41) is 54.9. The summed E-state index contributed by atoms with van der Waals surface area (Å²) in [5.41, 5.74) is -2.87. The summed E-state index contributed by atoms with van der Waals surface area (Å²) in [4.78, 5) is 80.1. The first-order valence-corrected chi connectivity index (χ1v) is 18.2. The van der Waals surface area contributed by atoms with E-state index in [0.717, 1.165) is 29.8 Å². The fraction of sp³-hybridized carbons (Fsp3) is 0.303. The molecule has 2 aliphatic heterocycles. The van der Waals surface area contributed by atoms with E-state index in [-0.39, 0.29) is 46.0 Å². The quantitative estimate of drug-likeness (QED) is 0.0436. The van der Waals surface area contributed by atoms with Crippen molar-refractivity contribution in [1.29, 1.82) is 0 Å². The molecule has 0 radical (unpaired) electrons. The third-order valence-electron chi connectivity index (χ3n) is 8.78. The molecule has 6 rings (SSSR count). The van der Waals surface area contributed by atoms with Crippen LogP contribution in [-0.4, -0.2) is 116 Å². The molecule has 1 unspecified atom stereocenters. The van der Waals surface area contributed by atoms with Crippen LogP contribution in [0, 0.1) is 0 Å². The molecule has 4 heterocycles. The number of phenolic OH excluding ortho intramolecular Hbond substituents is 2. The summed E-state index contributed by atoms with van der Waals surface area (Å²) >= 11 is 2.31. The Morgan fingerprint density at radius 2 is 1.82 bits per heavy atom. The number of pyridine rings is 1. The maximum absolute atomic E-state index is 14.3. The molecule has 2 aromatic heterocycles. The lowest BCUT2D eigenvalue weighted by atomic mass is 9.96. The third kappa shape index (κ3) is 7.13. The van der Waals surface area contributed by atoms with E-state index in [4.69, 9.17) is 14.6 Å². The maximum atomic E-state index is 14.3. The number of methoxy groups -OCH3 is 1. The van der Waals surface area contributed by atoms with Gasteiger partial charge in [0, 0.05) is 44.5 Å². The monoisotopic (exact) mass is 796 g/mol. The van der Waals surface area contributed by atoms with Crippen LogP contribution in [0.4, 0.5) is 0 Å². The number of nitrogens with zero attached hydrogens (tertiary/aromatic N) is 6. The van der Waals surface area contributed by atoms with Crippen molar-refractivity contribution in [2.24, 2.45) is 7.05 Å². The Kier molecular flexibility index (Phi) is 10.7. The van der Waals surface area contributed by atoms with Crippen LogP contribution in [0.15, 0.2) is 63.8 Å². The summed E-state index contributed by atoms with van der Waals surface area (Å²) in [6.07, 6.45) is 1.23. The number of carbonyl (C=O) groups is 5. The number of ether oxygens (including phenoxy) is 2. The van der Waals surface area contributed by atoms with E-state index in [9.17, 15) is 44.1 Å². The normalized spacial score (nSPS) is 18.3. The van der Waals surface area contributed by atoms with Crippen LogP contribution >= 0.6 is 23.5 Å². The minimum absolute atomic E-state index is 0.0909. The molecule has 55 heavy (non-hydrogen) atoms. The highest BCUT2D eigenvalue weighted by Gasteiger charge is 2.67. The number of hydrogen-bond acceptors (Lipinski definition) is 15. The number of amides is 3.